The van der Waals surface area contributed by atoms with Crippen molar-refractivity contribution < 1.29 is 9.47 Å². The second kappa shape index (κ2) is 5.44. The zero-order valence-electron chi connectivity index (χ0n) is 11.5. The van der Waals surface area contributed by atoms with E-state index in [9.17, 15) is 0 Å². The quantitative estimate of drug-likeness (QED) is 0.908. The Hall–Kier alpha value is -0.560. The molecule has 1 saturated carbocycles. The third-order valence-corrected chi connectivity index (χ3v) is 5.23. The van der Waals surface area contributed by atoms with Gasteiger partial charge in [0.05, 0.1) is 19.4 Å². The van der Waals surface area contributed by atoms with Crippen molar-refractivity contribution in [3.8, 4) is 0 Å². The van der Waals surface area contributed by atoms with Gasteiger partial charge in [0.25, 0.3) is 0 Å². The van der Waals surface area contributed by atoms with E-state index in [1.807, 2.05) is 36.7 Å². The van der Waals surface area contributed by atoms with Gasteiger partial charge in [0.15, 0.2) is 5.79 Å². The number of ether oxygens (including phenoxy) is 2. The van der Waals surface area contributed by atoms with Crippen LogP contribution in [0.25, 0.3) is 0 Å². The van der Waals surface area contributed by atoms with E-state index < -0.39 is 0 Å². The van der Waals surface area contributed by atoms with Crippen LogP contribution in [-0.2, 0) is 16.5 Å². The molecule has 2 heterocycles. The maximum Gasteiger partial charge on any atom is 0.169 e. The van der Waals surface area contributed by atoms with E-state index in [0.29, 0.717) is 11.3 Å². The van der Waals surface area contributed by atoms with Gasteiger partial charge in [-0.25, -0.2) is 0 Å². The second-order valence-electron chi connectivity index (χ2n) is 5.25. The standard InChI is InChI=1S/C13H21N3O2S/c1-14-11-3-4-13(17-5-6-18-13)7-12(11)19-10-8-15-16(2)9-10/h8-9,11-12,14H,3-7H2,1-2H3. The van der Waals surface area contributed by atoms with Crippen molar-refractivity contribution in [2.24, 2.45) is 7.05 Å². The molecule has 3 rings (SSSR count). The summed E-state index contributed by atoms with van der Waals surface area (Å²) in [6.07, 6.45) is 7.01. The monoisotopic (exact) mass is 283 g/mol. The Balaban J connectivity index is 1.71. The van der Waals surface area contributed by atoms with Crippen LogP contribution in [0, 0.1) is 0 Å². The lowest BCUT2D eigenvalue weighted by molar-refractivity contribution is -0.177. The van der Waals surface area contributed by atoms with Crippen molar-refractivity contribution in [1.82, 2.24) is 15.1 Å². The maximum absolute atomic E-state index is 5.86. The highest BCUT2D eigenvalue weighted by molar-refractivity contribution is 8.00. The highest BCUT2D eigenvalue weighted by Gasteiger charge is 2.45. The second-order valence-corrected chi connectivity index (χ2v) is 6.56. The van der Waals surface area contributed by atoms with Gasteiger partial charge in [0.2, 0.25) is 0 Å². The SMILES string of the molecule is CNC1CCC2(CC1Sc1cnn(C)c1)OCCO2. The lowest BCUT2D eigenvalue weighted by atomic mass is 9.89. The summed E-state index contributed by atoms with van der Waals surface area (Å²) in [4.78, 5) is 1.21. The van der Waals surface area contributed by atoms with Gasteiger partial charge in [0.1, 0.15) is 0 Å². The summed E-state index contributed by atoms with van der Waals surface area (Å²) < 4.78 is 13.6. The zero-order valence-corrected chi connectivity index (χ0v) is 12.3. The predicted octanol–water partition coefficient (Wildman–Crippen LogP) is 1.40. The first-order chi connectivity index (χ1) is 9.21. The first kappa shape index (κ1) is 13.4. The van der Waals surface area contributed by atoms with E-state index in [0.717, 1.165) is 32.5 Å². The fraction of sp³-hybridized carbons (Fsp3) is 0.769. The number of aryl methyl sites for hydroxylation is 1. The predicted molar refractivity (Wildman–Crippen MR) is 74.2 cm³/mol. The lowest BCUT2D eigenvalue weighted by Crippen LogP contribution is -2.48. The smallest absolute Gasteiger partial charge is 0.169 e. The minimum absolute atomic E-state index is 0.326. The molecule has 106 valence electrons. The molecule has 0 radical (unpaired) electrons. The Morgan fingerprint density at radius 1 is 1.47 bits per heavy atom. The van der Waals surface area contributed by atoms with Crippen LogP contribution in [0.5, 0.6) is 0 Å². The summed E-state index contributed by atoms with van der Waals surface area (Å²) in [6.45, 7) is 1.46. The largest absolute Gasteiger partial charge is 0.347 e. The number of hydrogen-bond donors (Lipinski definition) is 1. The molecule has 0 aromatic carbocycles. The van der Waals surface area contributed by atoms with Gasteiger partial charge in [0, 0.05) is 42.3 Å². The van der Waals surface area contributed by atoms with Crippen molar-refractivity contribution in [3.05, 3.63) is 12.4 Å². The molecule has 1 spiro atoms. The molecule has 0 bridgehead atoms. The van der Waals surface area contributed by atoms with Gasteiger partial charge in [-0.1, -0.05) is 0 Å². The van der Waals surface area contributed by atoms with Gasteiger partial charge in [-0.2, -0.15) is 5.10 Å². The van der Waals surface area contributed by atoms with Crippen LogP contribution in [0.3, 0.4) is 0 Å². The van der Waals surface area contributed by atoms with Gasteiger partial charge in [-0.05, 0) is 13.5 Å². The van der Waals surface area contributed by atoms with Gasteiger partial charge < -0.3 is 14.8 Å². The Labute approximate surface area is 118 Å². The maximum atomic E-state index is 5.86. The number of thioether (sulfide) groups is 1. The normalized spacial score (nSPS) is 30.0. The average Bonchev–Trinajstić information content (AvgIpc) is 3.00. The molecule has 0 amide bonds. The molecular formula is C13H21N3O2S. The number of aromatic nitrogens is 2. The molecule has 2 atom stereocenters. The summed E-state index contributed by atoms with van der Waals surface area (Å²) in [5.74, 6) is -0.326. The molecular weight excluding hydrogens is 262 g/mol. The first-order valence-corrected chi connectivity index (χ1v) is 7.69. The number of hydrogen-bond acceptors (Lipinski definition) is 5. The highest BCUT2D eigenvalue weighted by atomic mass is 32.2. The van der Waals surface area contributed by atoms with E-state index in [1.54, 1.807) is 0 Å². The van der Waals surface area contributed by atoms with E-state index >= 15 is 0 Å². The molecule has 6 heteroatoms. The van der Waals surface area contributed by atoms with Gasteiger partial charge in [-0.15, -0.1) is 11.8 Å². The lowest BCUT2D eigenvalue weighted by Gasteiger charge is -2.40. The minimum Gasteiger partial charge on any atom is -0.347 e. The van der Waals surface area contributed by atoms with Crippen molar-refractivity contribution in [3.63, 3.8) is 0 Å². The van der Waals surface area contributed by atoms with Crippen LogP contribution in [-0.4, -0.2) is 47.1 Å². The summed E-state index contributed by atoms with van der Waals surface area (Å²) in [5, 5.41) is 8.12. The zero-order chi connectivity index (χ0) is 13.3. The van der Waals surface area contributed by atoms with Crippen LogP contribution in [0.1, 0.15) is 19.3 Å². The van der Waals surface area contributed by atoms with Crippen LogP contribution >= 0.6 is 11.8 Å². The Morgan fingerprint density at radius 3 is 2.89 bits per heavy atom. The van der Waals surface area contributed by atoms with Crippen LogP contribution in [0.2, 0.25) is 0 Å². The molecule has 1 saturated heterocycles. The van der Waals surface area contributed by atoms with Crippen molar-refractivity contribution in [2.45, 2.75) is 41.2 Å². The van der Waals surface area contributed by atoms with Crippen LogP contribution < -0.4 is 5.32 Å². The van der Waals surface area contributed by atoms with E-state index in [1.165, 1.54) is 4.90 Å². The molecule has 1 aliphatic heterocycles. The van der Waals surface area contributed by atoms with Gasteiger partial charge >= 0.3 is 0 Å². The third-order valence-electron chi connectivity index (χ3n) is 3.95. The van der Waals surface area contributed by atoms with Crippen molar-refractivity contribution >= 4 is 11.8 Å². The average molecular weight is 283 g/mol. The molecule has 5 nitrogen and oxygen atoms in total. The molecule has 1 N–H and O–H groups in total. The van der Waals surface area contributed by atoms with Crippen LogP contribution in [0.4, 0.5) is 0 Å². The fourth-order valence-corrected chi connectivity index (χ4v) is 4.40. The van der Waals surface area contributed by atoms with Crippen LogP contribution in [0.15, 0.2) is 17.3 Å². The van der Waals surface area contributed by atoms with E-state index in [2.05, 4.69) is 16.6 Å². The summed E-state index contributed by atoms with van der Waals surface area (Å²) in [6, 6.07) is 0.503. The molecule has 19 heavy (non-hydrogen) atoms. The van der Waals surface area contributed by atoms with E-state index in [4.69, 9.17) is 9.47 Å². The number of nitrogens with one attached hydrogen (secondary N) is 1. The topological polar surface area (TPSA) is 48.3 Å². The number of rotatable bonds is 3. The minimum atomic E-state index is -0.326. The molecule has 2 fully saturated rings. The van der Waals surface area contributed by atoms with Crippen molar-refractivity contribution in [2.75, 3.05) is 20.3 Å². The third kappa shape index (κ3) is 2.81. The fourth-order valence-electron chi connectivity index (χ4n) is 2.96. The summed E-state index contributed by atoms with van der Waals surface area (Å²) in [5.41, 5.74) is 0. The van der Waals surface area contributed by atoms with E-state index in [-0.39, 0.29) is 5.79 Å². The molecule has 1 aliphatic carbocycles. The molecule has 2 aliphatic rings. The van der Waals surface area contributed by atoms with Crippen molar-refractivity contribution in [1.29, 1.82) is 0 Å². The molecule has 1 aromatic rings. The van der Waals surface area contributed by atoms with Gasteiger partial charge in [-0.3, -0.25) is 4.68 Å². The number of nitrogens with zero attached hydrogens (tertiary/aromatic N) is 2. The first-order valence-electron chi connectivity index (χ1n) is 6.81. The molecule has 2 unspecified atom stereocenters. The summed E-state index contributed by atoms with van der Waals surface area (Å²) in [7, 11) is 3.99. The Kier molecular flexibility index (Phi) is 3.84. The summed E-state index contributed by atoms with van der Waals surface area (Å²) >= 11 is 1.87. The molecule has 1 aromatic heterocycles. The Morgan fingerprint density at radius 2 is 2.26 bits per heavy atom. The highest BCUT2D eigenvalue weighted by Crippen LogP contribution is 2.42. The Bertz CT molecular complexity index is 431.